The SMILES string of the molecule is COc1cc(NC(=O)CN(C)C(=O)C(N)CCSC)cc(OC)c1. The smallest absolute Gasteiger partial charge is 0.243 e. The number of carbonyl (C=O) groups excluding carboxylic acids is 2. The van der Waals surface area contributed by atoms with Crippen LogP contribution in [-0.2, 0) is 9.59 Å². The number of rotatable bonds is 9. The Balaban J connectivity index is 2.63. The van der Waals surface area contributed by atoms with Gasteiger partial charge in [-0.2, -0.15) is 11.8 Å². The number of nitrogens with zero attached hydrogens (tertiary/aromatic N) is 1. The molecule has 8 heteroatoms. The molecule has 0 aliphatic rings. The molecule has 3 N–H and O–H groups in total. The Morgan fingerprint density at radius 1 is 1.25 bits per heavy atom. The van der Waals surface area contributed by atoms with E-state index in [4.69, 9.17) is 15.2 Å². The van der Waals surface area contributed by atoms with Crippen LogP contribution in [0.2, 0.25) is 0 Å². The van der Waals surface area contributed by atoms with Gasteiger partial charge in [-0.15, -0.1) is 0 Å². The lowest BCUT2D eigenvalue weighted by Gasteiger charge is -2.20. The third kappa shape index (κ3) is 6.29. The summed E-state index contributed by atoms with van der Waals surface area (Å²) >= 11 is 1.63. The zero-order valence-electron chi connectivity index (χ0n) is 14.5. The van der Waals surface area contributed by atoms with E-state index >= 15 is 0 Å². The summed E-state index contributed by atoms with van der Waals surface area (Å²) in [6.07, 6.45) is 2.54. The molecule has 0 saturated carbocycles. The van der Waals surface area contributed by atoms with Gasteiger partial charge in [0.25, 0.3) is 0 Å². The van der Waals surface area contributed by atoms with Crippen LogP contribution in [0.1, 0.15) is 6.42 Å². The van der Waals surface area contributed by atoms with Crippen LogP contribution in [-0.4, -0.2) is 62.6 Å². The van der Waals surface area contributed by atoms with Crippen molar-refractivity contribution >= 4 is 29.3 Å². The second-order valence-electron chi connectivity index (χ2n) is 5.23. The molecule has 2 amide bonds. The van der Waals surface area contributed by atoms with E-state index in [2.05, 4.69) is 5.32 Å². The van der Waals surface area contributed by atoms with Crippen molar-refractivity contribution in [3.8, 4) is 11.5 Å². The van der Waals surface area contributed by atoms with Crippen LogP contribution in [0.25, 0.3) is 0 Å². The Kier molecular flexibility index (Phi) is 8.42. The van der Waals surface area contributed by atoms with Crippen LogP contribution in [0.5, 0.6) is 11.5 Å². The highest BCUT2D eigenvalue weighted by atomic mass is 32.2. The van der Waals surface area contributed by atoms with Gasteiger partial charge in [0.1, 0.15) is 11.5 Å². The fourth-order valence-electron chi connectivity index (χ4n) is 2.02. The largest absolute Gasteiger partial charge is 0.497 e. The Morgan fingerprint density at radius 3 is 2.33 bits per heavy atom. The summed E-state index contributed by atoms with van der Waals surface area (Å²) in [5.41, 5.74) is 6.37. The van der Waals surface area contributed by atoms with Crippen LogP contribution in [0.4, 0.5) is 5.69 Å². The maximum Gasteiger partial charge on any atom is 0.243 e. The van der Waals surface area contributed by atoms with Crippen molar-refractivity contribution in [3.05, 3.63) is 18.2 Å². The van der Waals surface area contributed by atoms with Crippen molar-refractivity contribution in [2.24, 2.45) is 5.73 Å². The molecular weight excluding hydrogens is 330 g/mol. The van der Waals surface area contributed by atoms with Crippen molar-refractivity contribution in [2.75, 3.05) is 45.1 Å². The number of thioether (sulfide) groups is 1. The average molecular weight is 355 g/mol. The minimum atomic E-state index is -0.591. The molecule has 1 aromatic carbocycles. The molecule has 0 aromatic heterocycles. The first-order chi connectivity index (χ1) is 11.4. The lowest BCUT2D eigenvalue weighted by molar-refractivity contribution is -0.134. The van der Waals surface area contributed by atoms with Gasteiger partial charge in [0.2, 0.25) is 11.8 Å². The average Bonchev–Trinajstić information content (AvgIpc) is 2.58. The van der Waals surface area contributed by atoms with Crippen molar-refractivity contribution in [1.82, 2.24) is 4.90 Å². The molecule has 1 rings (SSSR count). The molecule has 1 aromatic rings. The number of ether oxygens (including phenoxy) is 2. The number of amides is 2. The molecule has 1 atom stereocenters. The maximum absolute atomic E-state index is 12.1. The number of benzene rings is 1. The molecule has 1 unspecified atom stereocenters. The highest BCUT2D eigenvalue weighted by molar-refractivity contribution is 7.98. The first-order valence-electron chi connectivity index (χ1n) is 7.43. The number of hydrogen-bond donors (Lipinski definition) is 2. The summed E-state index contributed by atoms with van der Waals surface area (Å²) in [7, 11) is 4.62. The summed E-state index contributed by atoms with van der Waals surface area (Å²) < 4.78 is 10.3. The Morgan fingerprint density at radius 2 is 1.83 bits per heavy atom. The zero-order chi connectivity index (χ0) is 18.1. The zero-order valence-corrected chi connectivity index (χ0v) is 15.3. The molecule has 0 fully saturated rings. The molecular formula is C16H25N3O4S. The number of methoxy groups -OCH3 is 2. The Bertz CT molecular complexity index is 546. The number of hydrogen-bond acceptors (Lipinski definition) is 6. The van der Waals surface area contributed by atoms with Crippen LogP contribution in [0.3, 0.4) is 0 Å². The third-order valence-corrected chi connectivity index (χ3v) is 3.99. The monoisotopic (exact) mass is 355 g/mol. The number of anilines is 1. The summed E-state index contributed by atoms with van der Waals surface area (Å²) in [5.74, 6) is 1.36. The quantitative estimate of drug-likeness (QED) is 0.691. The Hall–Kier alpha value is -1.93. The molecule has 134 valence electrons. The van der Waals surface area contributed by atoms with Gasteiger partial charge in [-0.3, -0.25) is 9.59 Å². The van der Waals surface area contributed by atoms with Crippen LogP contribution in [0.15, 0.2) is 18.2 Å². The van der Waals surface area contributed by atoms with E-state index in [0.29, 0.717) is 23.6 Å². The van der Waals surface area contributed by atoms with E-state index in [9.17, 15) is 9.59 Å². The summed E-state index contributed by atoms with van der Waals surface area (Å²) in [6, 6.07) is 4.46. The van der Waals surface area contributed by atoms with Crippen LogP contribution >= 0.6 is 11.8 Å². The van der Waals surface area contributed by atoms with Gasteiger partial charge in [0, 0.05) is 30.9 Å². The molecule has 0 spiro atoms. The van der Waals surface area contributed by atoms with E-state index in [1.165, 1.54) is 19.1 Å². The van der Waals surface area contributed by atoms with Gasteiger partial charge in [-0.1, -0.05) is 0 Å². The third-order valence-electron chi connectivity index (χ3n) is 3.34. The van der Waals surface area contributed by atoms with Gasteiger partial charge >= 0.3 is 0 Å². The lowest BCUT2D eigenvalue weighted by Crippen LogP contribution is -2.45. The summed E-state index contributed by atoms with van der Waals surface area (Å²) in [4.78, 5) is 25.6. The molecule has 0 aliphatic carbocycles. The molecule has 0 heterocycles. The summed E-state index contributed by atoms with van der Waals surface area (Å²) in [6.45, 7) is -0.0780. The highest BCUT2D eigenvalue weighted by Gasteiger charge is 2.19. The van der Waals surface area contributed by atoms with Crippen molar-refractivity contribution in [2.45, 2.75) is 12.5 Å². The normalized spacial score (nSPS) is 11.5. The van der Waals surface area contributed by atoms with Gasteiger partial charge in [-0.05, 0) is 18.4 Å². The minimum absolute atomic E-state index is 0.0780. The topological polar surface area (TPSA) is 93.9 Å². The van der Waals surface area contributed by atoms with E-state index in [0.717, 1.165) is 5.75 Å². The van der Waals surface area contributed by atoms with Crippen molar-refractivity contribution in [1.29, 1.82) is 0 Å². The molecule has 24 heavy (non-hydrogen) atoms. The van der Waals surface area contributed by atoms with Gasteiger partial charge in [-0.25, -0.2) is 0 Å². The first kappa shape index (κ1) is 20.1. The van der Waals surface area contributed by atoms with Crippen LogP contribution in [0, 0.1) is 0 Å². The van der Waals surface area contributed by atoms with E-state index in [1.807, 2.05) is 6.26 Å². The van der Waals surface area contributed by atoms with E-state index < -0.39 is 6.04 Å². The van der Waals surface area contributed by atoms with Gasteiger partial charge in [0.05, 0.1) is 26.8 Å². The molecule has 0 bridgehead atoms. The number of nitrogens with one attached hydrogen (secondary N) is 1. The number of nitrogens with two attached hydrogens (primary N) is 1. The highest BCUT2D eigenvalue weighted by Crippen LogP contribution is 2.25. The van der Waals surface area contributed by atoms with E-state index in [1.54, 1.807) is 37.0 Å². The van der Waals surface area contributed by atoms with Crippen molar-refractivity contribution in [3.63, 3.8) is 0 Å². The van der Waals surface area contributed by atoms with Crippen molar-refractivity contribution < 1.29 is 19.1 Å². The number of likely N-dealkylation sites (N-methyl/N-ethyl adjacent to an activating group) is 1. The van der Waals surface area contributed by atoms with Gasteiger partial charge in [0.15, 0.2) is 0 Å². The van der Waals surface area contributed by atoms with Gasteiger partial charge < -0.3 is 25.4 Å². The van der Waals surface area contributed by atoms with E-state index in [-0.39, 0.29) is 18.4 Å². The standard InChI is InChI=1S/C16H25N3O4S/c1-19(16(21)14(17)5-6-24-4)10-15(20)18-11-7-12(22-2)9-13(8-11)23-3/h7-9,14H,5-6,10,17H2,1-4H3,(H,18,20). The fourth-order valence-corrected chi connectivity index (χ4v) is 2.51. The maximum atomic E-state index is 12.1. The molecule has 0 saturated heterocycles. The molecule has 7 nitrogen and oxygen atoms in total. The summed E-state index contributed by atoms with van der Waals surface area (Å²) in [5, 5.41) is 2.72. The molecule has 0 aliphatic heterocycles. The molecule has 0 radical (unpaired) electrons. The first-order valence-corrected chi connectivity index (χ1v) is 8.83. The predicted molar refractivity (Wildman–Crippen MR) is 96.8 cm³/mol. The predicted octanol–water partition coefficient (Wildman–Crippen LogP) is 1.18. The Labute approximate surface area is 146 Å². The number of carbonyl (C=O) groups is 2. The van der Waals surface area contributed by atoms with Crippen LogP contribution < -0.4 is 20.5 Å². The lowest BCUT2D eigenvalue weighted by atomic mass is 10.2. The second-order valence-corrected chi connectivity index (χ2v) is 6.22. The second kappa shape index (κ2) is 10.0. The fraction of sp³-hybridized carbons (Fsp3) is 0.500. The minimum Gasteiger partial charge on any atom is -0.497 e.